The van der Waals surface area contributed by atoms with E-state index in [0.29, 0.717) is 33.4 Å². The Balaban J connectivity index is 0.000000156. The molecule has 13 aromatic rings. The summed E-state index contributed by atoms with van der Waals surface area (Å²) in [6, 6.07) is 58.2. The van der Waals surface area contributed by atoms with E-state index in [4.69, 9.17) is 0 Å². The van der Waals surface area contributed by atoms with Gasteiger partial charge in [0, 0.05) is 24.3 Å². The molecule has 0 saturated carbocycles. The second-order valence-electron chi connectivity index (χ2n) is 34.1. The van der Waals surface area contributed by atoms with E-state index >= 15 is 17.6 Å². The zero-order chi connectivity index (χ0) is 80.9. The summed E-state index contributed by atoms with van der Waals surface area (Å²) in [6.07, 6.45) is 8.23. The van der Waals surface area contributed by atoms with Crippen LogP contribution in [0.25, 0.3) is 88.1 Å². The summed E-state index contributed by atoms with van der Waals surface area (Å²) < 4.78 is 69.1. The summed E-state index contributed by atoms with van der Waals surface area (Å²) in [6.45, 7) is 52.1. The topological polar surface area (TPSA) is 15.5 Å². The Morgan fingerprint density at radius 1 is 0.300 bits per heavy atom. The van der Waals surface area contributed by atoms with Crippen molar-refractivity contribution in [3.8, 4) is 45.0 Å². The van der Waals surface area contributed by atoms with Crippen LogP contribution in [0.2, 0.25) is 69.5 Å². The third-order valence-electron chi connectivity index (χ3n) is 25.3. The van der Waals surface area contributed by atoms with Gasteiger partial charge >= 0.3 is 0 Å². The number of fused-ring (bicyclic) bond motifs is 4. The van der Waals surface area contributed by atoms with Crippen molar-refractivity contribution < 1.29 is 35.8 Å². The van der Waals surface area contributed by atoms with Crippen molar-refractivity contribution in [1.82, 2.24) is 0 Å². The molecule has 0 atom stereocenters. The van der Waals surface area contributed by atoms with Crippen LogP contribution in [0.3, 0.4) is 0 Å². The maximum atomic E-state index is 15.3. The van der Waals surface area contributed by atoms with Gasteiger partial charge in [-0.1, -0.05) is 228 Å². The van der Waals surface area contributed by atoms with Crippen molar-refractivity contribution in [2.75, 3.05) is 0 Å². The molecule has 9 aromatic carbocycles. The molecule has 0 aliphatic carbocycles. The van der Waals surface area contributed by atoms with Gasteiger partial charge in [-0.05, 0) is 201 Å². The van der Waals surface area contributed by atoms with Crippen LogP contribution in [0.1, 0.15) is 101 Å². The summed E-state index contributed by atoms with van der Waals surface area (Å²) >= 11 is 0. The number of hydrogen-bond donors (Lipinski definition) is 0. The Morgan fingerprint density at radius 2 is 0.564 bits per heavy atom. The van der Waals surface area contributed by atoms with Gasteiger partial charge in [-0.15, -0.1) is 0 Å². The molecular formula is C98H120F4N4Si4+4. The van der Waals surface area contributed by atoms with Crippen LogP contribution in [-0.4, -0.2) is 32.3 Å². The number of aryl methyl sites for hydroxylation is 12. The number of aromatic nitrogens is 4. The highest BCUT2D eigenvalue weighted by atomic mass is 28.3. The average molecular weight is 1540 g/mol. The number of hydrogen-bond acceptors (Lipinski definition) is 0. The van der Waals surface area contributed by atoms with E-state index in [0.717, 1.165) is 111 Å². The Kier molecular flexibility index (Phi) is 25.0. The van der Waals surface area contributed by atoms with E-state index in [2.05, 4.69) is 263 Å². The van der Waals surface area contributed by atoms with Gasteiger partial charge in [0.2, 0.25) is 22.8 Å². The molecule has 0 radical (unpaired) electrons. The molecule has 0 aliphatic heterocycles. The molecule has 4 heterocycles. The molecule has 4 aromatic heterocycles. The second kappa shape index (κ2) is 32.9. The van der Waals surface area contributed by atoms with Gasteiger partial charge in [0.15, 0.2) is 24.8 Å². The minimum atomic E-state index is -1.80. The van der Waals surface area contributed by atoms with Gasteiger partial charge in [0.05, 0.1) is 68.0 Å². The molecular weight excluding hydrogens is 1420 g/mol. The van der Waals surface area contributed by atoms with E-state index in [9.17, 15) is 0 Å². The first-order chi connectivity index (χ1) is 51.7. The van der Waals surface area contributed by atoms with Crippen molar-refractivity contribution in [2.45, 2.75) is 187 Å². The Hall–Kier alpha value is -8.79. The van der Waals surface area contributed by atoms with Crippen LogP contribution in [0.4, 0.5) is 17.6 Å². The van der Waals surface area contributed by atoms with Gasteiger partial charge in [0.25, 0.3) is 0 Å². The van der Waals surface area contributed by atoms with E-state index in [1.54, 1.807) is 0 Å². The molecule has 4 nitrogen and oxygen atoms in total. The molecule has 12 heteroatoms. The normalized spacial score (nSPS) is 12.0. The zero-order valence-electron chi connectivity index (χ0n) is 71.2. The quantitative estimate of drug-likeness (QED) is 0.0621. The SMILES string of the molecule is CC[Si](CC)(CC)c1ccc2c(-c3c(C)c(C)cc(C)c3F)[n+](C)ccc2c1.Cc1cc(C)c(F)c(-c2c3ccc([Si](C)(C)C(C)C)cc3cc[n+]2C)c1C.Cc1cc(C)c(F)c(-c2c3ccc([Si](C)(C)C)cc3cc[n+]2C)c1C.Cc1cc(C)c(F)c(-c2c3ccc([Si](C)(C)c4ccccc4)cc3cc[n+]2C)c1C. The molecule has 0 bridgehead atoms. The summed E-state index contributed by atoms with van der Waals surface area (Å²) in [4.78, 5) is 0. The molecule has 0 aliphatic rings. The summed E-state index contributed by atoms with van der Waals surface area (Å²) in [7, 11) is 1.89. The maximum absolute atomic E-state index is 15.3. The van der Waals surface area contributed by atoms with Crippen LogP contribution < -0.4 is 44.2 Å². The maximum Gasteiger partial charge on any atom is 0.223 e. The van der Waals surface area contributed by atoms with Gasteiger partial charge in [0.1, 0.15) is 59.5 Å². The number of rotatable bonds is 13. The fourth-order valence-corrected chi connectivity index (χ4v) is 25.3. The molecule has 0 spiro atoms. The molecule has 110 heavy (non-hydrogen) atoms. The Morgan fingerprint density at radius 3 is 0.855 bits per heavy atom. The number of halogens is 4. The van der Waals surface area contributed by atoms with Crippen molar-refractivity contribution in [3.05, 3.63) is 266 Å². The van der Waals surface area contributed by atoms with Gasteiger partial charge in [-0.25, -0.2) is 35.8 Å². The molecule has 0 amide bonds. The van der Waals surface area contributed by atoms with Gasteiger partial charge < -0.3 is 0 Å². The lowest BCUT2D eigenvalue weighted by Gasteiger charge is -2.29. The van der Waals surface area contributed by atoms with Gasteiger partial charge in [-0.2, -0.15) is 0 Å². The minimum Gasteiger partial charge on any atom is -0.206 e. The van der Waals surface area contributed by atoms with E-state index < -0.39 is 32.3 Å². The molecule has 0 saturated heterocycles. The first kappa shape index (κ1) is 83.7. The molecule has 0 fully saturated rings. The second-order valence-corrected chi connectivity index (χ2v) is 54.0. The van der Waals surface area contributed by atoms with E-state index in [1.807, 2.05) is 123 Å². The number of benzene rings is 9. The third-order valence-corrected chi connectivity index (χ3v) is 41.1. The first-order valence-corrected chi connectivity index (χ1v) is 51.7. The van der Waals surface area contributed by atoms with Crippen LogP contribution in [-0.2, 0) is 28.2 Å². The lowest BCUT2D eigenvalue weighted by molar-refractivity contribution is -0.659. The summed E-state index contributed by atoms with van der Waals surface area (Å²) in [5.41, 5.74) is 18.8. The fraction of sp³-hybridized carbons (Fsp3) is 0.327. The highest BCUT2D eigenvalue weighted by Gasteiger charge is 2.34. The van der Waals surface area contributed by atoms with E-state index in [1.165, 1.54) is 60.2 Å². The van der Waals surface area contributed by atoms with Crippen LogP contribution in [0.5, 0.6) is 0 Å². The molecule has 572 valence electrons. The smallest absolute Gasteiger partial charge is 0.206 e. The minimum absolute atomic E-state index is 0.102. The van der Waals surface area contributed by atoms with Crippen LogP contribution in [0, 0.1) is 106 Å². The Labute approximate surface area is 659 Å². The van der Waals surface area contributed by atoms with Crippen LogP contribution >= 0.6 is 0 Å². The molecule has 13 rings (SSSR count). The van der Waals surface area contributed by atoms with Crippen molar-refractivity contribution in [3.63, 3.8) is 0 Å². The van der Waals surface area contributed by atoms with E-state index in [-0.39, 0.29) is 23.3 Å². The Bertz CT molecular complexity index is 5600. The third kappa shape index (κ3) is 16.0. The number of nitrogens with zero attached hydrogens (tertiary/aromatic N) is 4. The monoisotopic (exact) mass is 1540 g/mol. The summed E-state index contributed by atoms with van der Waals surface area (Å²) in [5.74, 6) is -0.443. The van der Waals surface area contributed by atoms with Crippen molar-refractivity contribution >= 4 is 101 Å². The lowest BCUT2D eigenvalue weighted by Crippen LogP contribution is -2.52. The predicted molar refractivity (Wildman–Crippen MR) is 474 cm³/mol. The number of pyridine rings is 4. The van der Waals surface area contributed by atoms with Gasteiger partial charge in [-0.3, -0.25) is 0 Å². The predicted octanol–water partition coefficient (Wildman–Crippen LogP) is 22.0. The van der Waals surface area contributed by atoms with Crippen molar-refractivity contribution in [1.29, 1.82) is 0 Å². The lowest BCUT2D eigenvalue weighted by atomic mass is 9.94. The summed E-state index contributed by atoms with van der Waals surface area (Å²) in [5, 5.41) is 16.4. The standard InChI is InChI=1S/C27H29FNSi.C25H33FNSi.C24H31FNSi.C22H27FNSi/c1-18-16-19(2)26(28)25(20(18)3)27-24-13-12-23(17-21(24)14-15-29(27)4)30(5,6)22-10-8-7-9-11-22;1-8-28(9-2,10-3)21-11-12-22-20(16-21)13-14-27(7)25(22)23-19(6)17(4)15-18(5)24(23)26;1-15(2)27(7,8)20-9-10-21-19(14-20)11-12-26(6)24(21)22-18(5)16(3)13-17(4)23(22)25;1-14-12-15(2)21(23)20(16(14)3)22-19-9-8-18(25(5,6)7)13-17(19)10-11-24(22)4/h7-17H,1-6H3;11-16H,8-10H2,1-7H3;9-15H,1-8H3;8-13H,1-7H3/q4*+1. The highest BCUT2D eigenvalue weighted by molar-refractivity contribution is 7.00. The largest absolute Gasteiger partial charge is 0.223 e. The van der Waals surface area contributed by atoms with Crippen LogP contribution in [0.15, 0.2) is 176 Å². The fourth-order valence-electron chi connectivity index (χ4n) is 16.4. The van der Waals surface area contributed by atoms with Crippen molar-refractivity contribution in [2.24, 2.45) is 28.2 Å². The molecule has 0 unspecified atom stereocenters. The average Bonchev–Trinajstić information content (AvgIpc) is 0.765. The molecule has 0 N–H and O–H groups in total. The first-order valence-electron chi connectivity index (χ1n) is 39.5. The zero-order valence-corrected chi connectivity index (χ0v) is 75.2. The highest BCUT2D eigenvalue weighted by Crippen LogP contribution is 2.39.